The molecule has 0 unspecified atom stereocenters. The second-order valence-electron chi connectivity index (χ2n) is 5.99. The topological polar surface area (TPSA) is 61.8 Å². The molecule has 2 aromatic rings. The number of nitrogens with one attached hydrogen (secondary N) is 2. The lowest BCUT2D eigenvalue weighted by Gasteiger charge is -2.18. The van der Waals surface area contributed by atoms with E-state index in [4.69, 9.17) is 4.74 Å². The van der Waals surface area contributed by atoms with E-state index in [-0.39, 0.29) is 0 Å². The Bertz CT molecular complexity index is 668. The van der Waals surface area contributed by atoms with Crippen molar-refractivity contribution in [3.05, 3.63) is 42.1 Å². The summed E-state index contributed by atoms with van der Waals surface area (Å²) < 4.78 is 5.08. The first-order valence-corrected chi connectivity index (χ1v) is 8.69. The predicted octanol–water partition coefficient (Wildman–Crippen LogP) is 1.87. The Morgan fingerprint density at radius 1 is 1.20 bits per heavy atom. The molecule has 0 aliphatic carbocycles. The van der Waals surface area contributed by atoms with Gasteiger partial charge in [-0.15, -0.1) is 0 Å². The van der Waals surface area contributed by atoms with Gasteiger partial charge in [-0.05, 0) is 31.2 Å². The number of rotatable bonds is 9. The molecule has 2 rings (SSSR count). The number of fused-ring (bicyclic) bond motifs is 1. The van der Waals surface area contributed by atoms with Crippen molar-refractivity contribution in [1.82, 2.24) is 20.5 Å². The maximum Gasteiger partial charge on any atom is 0.191 e. The first-order valence-electron chi connectivity index (χ1n) is 8.69. The third kappa shape index (κ3) is 6.32. The summed E-state index contributed by atoms with van der Waals surface area (Å²) in [7, 11) is 5.65. The average Bonchev–Trinajstić information content (AvgIpc) is 2.64. The second-order valence-corrected chi connectivity index (χ2v) is 5.99. The van der Waals surface area contributed by atoms with Gasteiger partial charge in [0.2, 0.25) is 0 Å². The standard InChI is InChI=1S/C19H29N5O/c1-20-19(22-11-13-24(2)12-6-14-25-3)23-15-16-9-10-21-18-8-5-4-7-17(16)18/h4-5,7-10H,6,11-15H2,1-3H3,(H2,20,22,23). The van der Waals surface area contributed by atoms with Crippen LogP contribution in [0.1, 0.15) is 12.0 Å². The summed E-state index contributed by atoms with van der Waals surface area (Å²) in [5.41, 5.74) is 2.23. The molecule has 0 spiro atoms. The number of aliphatic imine (C=N–C) groups is 1. The van der Waals surface area contributed by atoms with E-state index >= 15 is 0 Å². The SMILES string of the molecule is CN=C(NCCN(C)CCCOC)NCc1ccnc2ccccc12. The molecule has 0 aliphatic heterocycles. The van der Waals surface area contributed by atoms with E-state index in [1.807, 2.05) is 30.5 Å². The van der Waals surface area contributed by atoms with Gasteiger partial charge in [-0.1, -0.05) is 18.2 Å². The number of benzene rings is 1. The quantitative estimate of drug-likeness (QED) is 0.413. The lowest BCUT2D eigenvalue weighted by Crippen LogP contribution is -2.40. The first-order chi connectivity index (χ1) is 12.2. The van der Waals surface area contributed by atoms with Gasteiger partial charge in [0.15, 0.2) is 5.96 Å². The third-order valence-corrected chi connectivity index (χ3v) is 4.08. The van der Waals surface area contributed by atoms with Crippen LogP contribution >= 0.6 is 0 Å². The number of methoxy groups -OCH3 is 1. The minimum Gasteiger partial charge on any atom is -0.385 e. The Hall–Kier alpha value is -2.18. The van der Waals surface area contributed by atoms with Gasteiger partial charge in [0.1, 0.15) is 0 Å². The number of hydrogen-bond donors (Lipinski definition) is 2. The molecule has 2 N–H and O–H groups in total. The van der Waals surface area contributed by atoms with E-state index < -0.39 is 0 Å². The fourth-order valence-electron chi connectivity index (χ4n) is 2.66. The van der Waals surface area contributed by atoms with E-state index in [1.165, 1.54) is 10.9 Å². The van der Waals surface area contributed by atoms with Crippen LogP contribution < -0.4 is 10.6 Å². The van der Waals surface area contributed by atoms with Crippen LogP contribution in [0.2, 0.25) is 0 Å². The summed E-state index contributed by atoms with van der Waals surface area (Å²) in [5.74, 6) is 0.811. The average molecular weight is 343 g/mol. The maximum atomic E-state index is 5.08. The van der Waals surface area contributed by atoms with E-state index in [2.05, 4.69) is 38.6 Å². The fraction of sp³-hybridized carbons (Fsp3) is 0.474. The van der Waals surface area contributed by atoms with Crippen LogP contribution in [-0.4, -0.2) is 63.3 Å². The highest BCUT2D eigenvalue weighted by Gasteiger charge is 2.04. The van der Waals surface area contributed by atoms with Crippen molar-refractivity contribution < 1.29 is 4.74 Å². The van der Waals surface area contributed by atoms with Gasteiger partial charge in [-0.3, -0.25) is 9.98 Å². The smallest absolute Gasteiger partial charge is 0.191 e. The zero-order valence-corrected chi connectivity index (χ0v) is 15.5. The summed E-state index contributed by atoms with van der Waals surface area (Å²) in [4.78, 5) is 11.0. The maximum absolute atomic E-state index is 5.08. The molecular weight excluding hydrogens is 314 g/mol. The number of ether oxygens (including phenoxy) is 1. The first kappa shape index (κ1) is 19.1. The lowest BCUT2D eigenvalue weighted by atomic mass is 10.1. The minimum atomic E-state index is 0.715. The minimum absolute atomic E-state index is 0.715. The van der Waals surface area contributed by atoms with Crippen LogP contribution in [0, 0.1) is 0 Å². The van der Waals surface area contributed by atoms with Crippen molar-refractivity contribution in [1.29, 1.82) is 0 Å². The Balaban J connectivity index is 1.78. The number of likely N-dealkylation sites (N-methyl/N-ethyl adjacent to an activating group) is 1. The van der Waals surface area contributed by atoms with Crippen LogP contribution in [0.15, 0.2) is 41.5 Å². The number of pyridine rings is 1. The number of nitrogens with zero attached hydrogens (tertiary/aromatic N) is 3. The van der Waals surface area contributed by atoms with Gasteiger partial charge in [0.05, 0.1) is 5.52 Å². The van der Waals surface area contributed by atoms with Crippen LogP contribution in [-0.2, 0) is 11.3 Å². The molecule has 6 heteroatoms. The fourth-order valence-corrected chi connectivity index (χ4v) is 2.66. The van der Waals surface area contributed by atoms with Crippen LogP contribution in [0.25, 0.3) is 10.9 Å². The lowest BCUT2D eigenvalue weighted by molar-refractivity contribution is 0.180. The highest BCUT2D eigenvalue weighted by molar-refractivity contribution is 5.83. The van der Waals surface area contributed by atoms with Gasteiger partial charge < -0.3 is 20.3 Å². The summed E-state index contributed by atoms with van der Waals surface area (Å²) >= 11 is 0. The zero-order valence-electron chi connectivity index (χ0n) is 15.5. The van der Waals surface area contributed by atoms with Crippen molar-refractivity contribution in [3.8, 4) is 0 Å². The van der Waals surface area contributed by atoms with Gasteiger partial charge in [0.25, 0.3) is 0 Å². The molecular formula is C19H29N5O. The number of aromatic nitrogens is 1. The van der Waals surface area contributed by atoms with Crippen molar-refractivity contribution in [3.63, 3.8) is 0 Å². The molecule has 0 amide bonds. The molecule has 6 nitrogen and oxygen atoms in total. The van der Waals surface area contributed by atoms with E-state index in [1.54, 1.807) is 14.2 Å². The molecule has 0 saturated carbocycles. The summed E-state index contributed by atoms with van der Waals surface area (Å²) in [6, 6.07) is 10.2. The molecule has 1 aromatic carbocycles. The van der Waals surface area contributed by atoms with Crippen molar-refractivity contribution in [2.24, 2.45) is 4.99 Å². The monoisotopic (exact) mass is 343 g/mol. The molecule has 0 radical (unpaired) electrons. The molecule has 25 heavy (non-hydrogen) atoms. The second kappa shape index (κ2) is 10.6. The van der Waals surface area contributed by atoms with Crippen molar-refractivity contribution in [2.75, 3.05) is 47.4 Å². The summed E-state index contributed by atoms with van der Waals surface area (Å²) in [6.07, 6.45) is 2.90. The predicted molar refractivity (Wildman–Crippen MR) is 104 cm³/mol. The largest absolute Gasteiger partial charge is 0.385 e. The van der Waals surface area contributed by atoms with E-state index in [9.17, 15) is 0 Å². The zero-order chi connectivity index (χ0) is 17.9. The molecule has 0 fully saturated rings. The molecule has 0 atom stereocenters. The highest BCUT2D eigenvalue weighted by atomic mass is 16.5. The molecule has 1 heterocycles. The number of guanidine groups is 1. The highest BCUT2D eigenvalue weighted by Crippen LogP contribution is 2.15. The Kier molecular flexibility index (Phi) is 8.15. The summed E-state index contributed by atoms with van der Waals surface area (Å²) in [6.45, 7) is 4.36. The van der Waals surface area contributed by atoms with Crippen molar-refractivity contribution in [2.45, 2.75) is 13.0 Å². The normalized spacial score (nSPS) is 11.9. The van der Waals surface area contributed by atoms with E-state index in [0.717, 1.165) is 44.1 Å². The van der Waals surface area contributed by atoms with Gasteiger partial charge in [0, 0.05) is 58.5 Å². The number of hydrogen-bond acceptors (Lipinski definition) is 4. The molecule has 1 aromatic heterocycles. The summed E-state index contributed by atoms with van der Waals surface area (Å²) in [5, 5.41) is 7.91. The van der Waals surface area contributed by atoms with Gasteiger partial charge in [-0.25, -0.2) is 0 Å². The molecule has 136 valence electrons. The van der Waals surface area contributed by atoms with Crippen LogP contribution in [0.3, 0.4) is 0 Å². The Morgan fingerprint density at radius 2 is 2.04 bits per heavy atom. The van der Waals surface area contributed by atoms with Gasteiger partial charge in [-0.2, -0.15) is 0 Å². The van der Waals surface area contributed by atoms with Crippen LogP contribution in [0.4, 0.5) is 0 Å². The third-order valence-electron chi connectivity index (χ3n) is 4.08. The van der Waals surface area contributed by atoms with Crippen molar-refractivity contribution >= 4 is 16.9 Å². The molecule has 0 bridgehead atoms. The number of para-hydroxylation sites is 1. The van der Waals surface area contributed by atoms with Crippen LogP contribution in [0.5, 0.6) is 0 Å². The Morgan fingerprint density at radius 3 is 2.84 bits per heavy atom. The molecule has 0 aliphatic rings. The van der Waals surface area contributed by atoms with E-state index in [0.29, 0.717) is 6.54 Å². The molecule has 0 saturated heterocycles. The Labute approximate surface area is 150 Å². The van der Waals surface area contributed by atoms with Gasteiger partial charge >= 0.3 is 0 Å².